The Kier molecular flexibility index (Phi) is 7.00. The Balaban J connectivity index is 1.39. The number of halogens is 1. The van der Waals surface area contributed by atoms with Crippen molar-refractivity contribution in [2.75, 3.05) is 24.6 Å². The molecule has 154 valence electrons. The number of benzene rings is 1. The Bertz CT molecular complexity index is 875. The largest absolute Gasteiger partial charge is 0.382 e. The first-order valence-corrected chi connectivity index (χ1v) is 10.0. The second-order valence-corrected chi connectivity index (χ2v) is 7.69. The van der Waals surface area contributed by atoms with Gasteiger partial charge in [-0.2, -0.15) is 0 Å². The van der Waals surface area contributed by atoms with Gasteiger partial charge in [0.2, 0.25) is 0 Å². The number of rotatable bonds is 7. The normalized spacial score (nSPS) is 16.7. The molecule has 6 N–H and O–H groups in total. The van der Waals surface area contributed by atoms with Crippen LogP contribution in [0.4, 0.5) is 11.6 Å². The number of anilines is 2. The topological polar surface area (TPSA) is 134 Å². The van der Waals surface area contributed by atoms with E-state index in [0.717, 1.165) is 32.5 Å². The fourth-order valence-corrected chi connectivity index (χ4v) is 3.70. The zero-order valence-corrected chi connectivity index (χ0v) is 17.0. The molecule has 2 aromatic rings. The number of amidine groups is 1. The molecule has 0 bridgehead atoms. The quantitative estimate of drug-likeness (QED) is 0.405. The third-order valence-corrected chi connectivity index (χ3v) is 5.32. The standard InChI is InChI=1S/C20H26ClN7O/c21-17-19(24)27-18(23)16(26-17)20(29)25-15(22)8-4-7-14-9-10-28(12-14)11-13-5-2-1-3-6-13/h1-3,5-6,14H,4,7-12H2,(H2,22,25,29)(H4,23,24,27). The summed E-state index contributed by atoms with van der Waals surface area (Å²) >= 11 is 5.79. The number of nitrogen functional groups attached to an aromatic ring is 2. The number of aromatic nitrogens is 2. The minimum atomic E-state index is -0.600. The molecule has 2 heterocycles. The van der Waals surface area contributed by atoms with Gasteiger partial charge in [-0.15, -0.1) is 0 Å². The van der Waals surface area contributed by atoms with Crippen LogP contribution in [-0.4, -0.2) is 39.7 Å². The smallest absolute Gasteiger partial charge is 0.279 e. The van der Waals surface area contributed by atoms with Crippen LogP contribution in [0.15, 0.2) is 30.3 Å². The van der Waals surface area contributed by atoms with Crippen LogP contribution in [0.3, 0.4) is 0 Å². The summed E-state index contributed by atoms with van der Waals surface area (Å²) in [6.07, 6.45) is 3.52. The summed E-state index contributed by atoms with van der Waals surface area (Å²) in [6, 6.07) is 10.5. The first-order valence-electron chi connectivity index (χ1n) is 9.66. The molecular formula is C20H26ClN7O. The average molecular weight is 416 g/mol. The van der Waals surface area contributed by atoms with E-state index in [9.17, 15) is 4.79 Å². The highest BCUT2D eigenvalue weighted by molar-refractivity contribution is 6.31. The molecule has 1 fully saturated rings. The number of likely N-dealkylation sites (tertiary alicyclic amines) is 1. The van der Waals surface area contributed by atoms with Crippen molar-refractivity contribution < 1.29 is 4.79 Å². The first kappa shape index (κ1) is 21.0. The van der Waals surface area contributed by atoms with E-state index >= 15 is 0 Å². The number of nitrogens with zero attached hydrogens (tertiary/aromatic N) is 3. The van der Waals surface area contributed by atoms with E-state index in [-0.39, 0.29) is 28.3 Å². The highest BCUT2D eigenvalue weighted by Gasteiger charge is 2.22. The number of nitrogens with two attached hydrogens (primary N) is 2. The van der Waals surface area contributed by atoms with Gasteiger partial charge < -0.3 is 16.8 Å². The lowest BCUT2D eigenvalue weighted by Crippen LogP contribution is -2.31. The molecule has 1 atom stereocenters. The lowest BCUT2D eigenvalue weighted by atomic mass is 10.0. The van der Waals surface area contributed by atoms with Crippen molar-refractivity contribution in [1.29, 1.82) is 5.41 Å². The number of carbonyl (C=O) groups is 1. The van der Waals surface area contributed by atoms with E-state index in [1.165, 1.54) is 12.0 Å². The van der Waals surface area contributed by atoms with Gasteiger partial charge in [0.05, 0.1) is 0 Å². The van der Waals surface area contributed by atoms with Gasteiger partial charge in [0.15, 0.2) is 22.5 Å². The van der Waals surface area contributed by atoms with Crippen molar-refractivity contribution in [3.05, 3.63) is 46.7 Å². The summed E-state index contributed by atoms with van der Waals surface area (Å²) in [7, 11) is 0. The highest BCUT2D eigenvalue weighted by Crippen LogP contribution is 2.23. The van der Waals surface area contributed by atoms with Crippen LogP contribution in [0, 0.1) is 11.3 Å². The van der Waals surface area contributed by atoms with Gasteiger partial charge >= 0.3 is 0 Å². The third-order valence-electron chi connectivity index (χ3n) is 5.04. The summed E-state index contributed by atoms with van der Waals surface area (Å²) in [5.74, 6) is 0.00930. The monoisotopic (exact) mass is 415 g/mol. The van der Waals surface area contributed by atoms with Crippen LogP contribution < -0.4 is 16.8 Å². The van der Waals surface area contributed by atoms with Crippen molar-refractivity contribution in [1.82, 2.24) is 20.2 Å². The van der Waals surface area contributed by atoms with Crippen LogP contribution in [-0.2, 0) is 6.54 Å². The summed E-state index contributed by atoms with van der Waals surface area (Å²) in [5, 5.41) is 10.4. The molecule has 0 radical (unpaired) electrons. The van der Waals surface area contributed by atoms with E-state index < -0.39 is 5.91 Å². The van der Waals surface area contributed by atoms with E-state index in [0.29, 0.717) is 12.3 Å². The van der Waals surface area contributed by atoms with E-state index in [1.807, 2.05) is 6.07 Å². The molecule has 1 amide bonds. The Morgan fingerprint density at radius 3 is 2.76 bits per heavy atom. The second-order valence-electron chi connectivity index (χ2n) is 7.33. The maximum atomic E-state index is 12.2. The minimum Gasteiger partial charge on any atom is -0.382 e. The van der Waals surface area contributed by atoms with Gasteiger partial charge in [0.1, 0.15) is 5.84 Å². The molecule has 1 aromatic carbocycles. The predicted octanol–water partition coefficient (Wildman–Crippen LogP) is 2.69. The molecule has 8 nitrogen and oxygen atoms in total. The van der Waals surface area contributed by atoms with Crippen LogP contribution in [0.25, 0.3) is 0 Å². The van der Waals surface area contributed by atoms with Gasteiger partial charge in [-0.25, -0.2) is 9.97 Å². The Hall–Kier alpha value is -2.71. The van der Waals surface area contributed by atoms with Gasteiger partial charge in [-0.05, 0) is 37.3 Å². The van der Waals surface area contributed by atoms with Crippen molar-refractivity contribution >= 4 is 35.0 Å². The van der Waals surface area contributed by atoms with Gasteiger partial charge in [0, 0.05) is 19.5 Å². The second kappa shape index (κ2) is 9.67. The molecule has 3 rings (SSSR count). The van der Waals surface area contributed by atoms with Gasteiger partial charge in [-0.1, -0.05) is 41.9 Å². The van der Waals surface area contributed by atoms with Crippen LogP contribution in [0.1, 0.15) is 41.7 Å². The van der Waals surface area contributed by atoms with Crippen molar-refractivity contribution in [2.45, 2.75) is 32.2 Å². The van der Waals surface area contributed by atoms with Crippen molar-refractivity contribution in [3.63, 3.8) is 0 Å². The lowest BCUT2D eigenvalue weighted by molar-refractivity contribution is 0.0972. The third kappa shape index (κ3) is 5.88. The van der Waals surface area contributed by atoms with Crippen LogP contribution in [0.5, 0.6) is 0 Å². The van der Waals surface area contributed by atoms with Crippen LogP contribution in [0.2, 0.25) is 5.15 Å². The first-order chi connectivity index (χ1) is 13.9. The minimum absolute atomic E-state index is 0.0336. The maximum absolute atomic E-state index is 12.2. The van der Waals surface area contributed by atoms with E-state index in [2.05, 4.69) is 44.5 Å². The van der Waals surface area contributed by atoms with Crippen LogP contribution >= 0.6 is 11.6 Å². The van der Waals surface area contributed by atoms with E-state index in [1.54, 1.807) is 0 Å². The molecule has 0 aliphatic carbocycles. The van der Waals surface area contributed by atoms with Crippen molar-refractivity contribution in [2.24, 2.45) is 5.92 Å². The molecule has 1 aromatic heterocycles. The fourth-order valence-electron chi connectivity index (χ4n) is 3.57. The zero-order valence-electron chi connectivity index (χ0n) is 16.2. The SMILES string of the molecule is N=C(CCCC1CCN(Cc2ccccc2)C1)NC(=O)c1nc(Cl)c(N)nc1N. The number of nitrogens with one attached hydrogen (secondary N) is 2. The highest BCUT2D eigenvalue weighted by atomic mass is 35.5. The average Bonchev–Trinajstić information content (AvgIpc) is 3.12. The summed E-state index contributed by atoms with van der Waals surface area (Å²) in [4.78, 5) is 22.3. The number of carbonyl (C=O) groups excluding carboxylic acids is 1. The molecular weight excluding hydrogens is 390 g/mol. The lowest BCUT2D eigenvalue weighted by Gasteiger charge is -2.16. The van der Waals surface area contributed by atoms with Crippen molar-refractivity contribution in [3.8, 4) is 0 Å². The Labute approximate surface area is 175 Å². The Morgan fingerprint density at radius 1 is 1.24 bits per heavy atom. The maximum Gasteiger partial charge on any atom is 0.279 e. The molecule has 1 aliphatic rings. The molecule has 29 heavy (non-hydrogen) atoms. The molecule has 0 saturated carbocycles. The molecule has 1 unspecified atom stereocenters. The number of amides is 1. The molecule has 0 spiro atoms. The Morgan fingerprint density at radius 2 is 2.00 bits per heavy atom. The summed E-state index contributed by atoms with van der Waals surface area (Å²) in [6.45, 7) is 3.16. The summed E-state index contributed by atoms with van der Waals surface area (Å²) < 4.78 is 0. The van der Waals surface area contributed by atoms with E-state index in [4.69, 9.17) is 28.5 Å². The molecule has 1 saturated heterocycles. The molecule has 1 aliphatic heterocycles. The molecule has 9 heteroatoms. The fraction of sp³-hybridized carbons (Fsp3) is 0.400. The van der Waals surface area contributed by atoms with Gasteiger partial charge in [-0.3, -0.25) is 15.1 Å². The summed E-state index contributed by atoms with van der Waals surface area (Å²) in [5.41, 5.74) is 12.4. The number of hydrogen-bond donors (Lipinski definition) is 4. The zero-order chi connectivity index (χ0) is 20.8. The predicted molar refractivity (Wildman–Crippen MR) is 115 cm³/mol. The number of hydrogen-bond acceptors (Lipinski definition) is 7. The van der Waals surface area contributed by atoms with Gasteiger partial charge in [0.25, 0.3) is 5.91 Å².